The van der Waals surface area contributed by atoms with E-state index in [1.807, 2.05) is 5.32 Å². The van der Waals surface area contributed by atoms with Crippen molar-refractivity contribution >= 4 is 12.0 Å². The topological polar surface area (TPSA) is 107 Å². The van der Waals surface area contributed by atoms with Crippen molar-refractivity contribution in [3.05, 3.63) is 18.2 Å². The van der Waals surface area contributed by atoms with Gasteiger partial charge in [0.2, 0.25) is 0 Å². The van der Waals surface area contributed by atoms with E-state index in [1.165, 1.54) is 17.8 Å². The lowest BCUT2D eigenvalue weighted by atomic mass is 10.2. The van der Waals surface area contributed by atoms with Crippen molar-refractivity contribution in [1.29, 1.82) is 0 Å². The van der Waals surface area contributed by atoms with Crippen molar-refractivity contribution in [3.8, 4) is 0 Å². The third kappa shape index (κ3) is 5.75. The van der Waals surface area contributed by atoms with Crippen LogP contribution in [0.15, 0.2) is 12.5 Å². The average Bonchev–Trinajstić information content (AvgIpc) is 2.77. The Morgan fingerprint density at radius 3 is 2.63 bits per heavy atom. The molecule has 0 radical (unpaired) electrons. The SMILES string of the molecule is O=C(NCC(F)(F)F)N[C@H](Cc1cnc[nH]1)C(=O)O. The van der Waals surface area contributed by atoms with E-state index in [4.69, 9.17) is 5.11 Å². The van der Waals surface area contributed by atoms with Crippen LogP contribution < -0.4 is 10.6 Å². The summed E-state index contributed by atoms with van der Waals surface area (Å²) in [5.74, 6) is -1.36. The third-order valence-electron chi connectivity index (χ3n) is 2.03. The van der Waals surface area contributed by atoms with Crippen LogP contribution in [0.5, 0.6) is 0 Å². The number of aliphatic carboxylic acids is 1. The number of carboxylic acid groups (broad SMARTS) is 1. The Kier molecular flexibility index (Phi) is 4.73. The second-order valence-electron chi connectivity index (χ2n) is 3.61. The van der Waals surface area contributed by atoms with Crippen LogP contribution in [-0.4, -0.2) is 45.8 Å². The van der Waals surface area contributed by atoms with Crippen LogP contribution in [0.25, 0.3) is 0 Å². The Balaban J connectivity index is 2.49. The van der Waals surface area contributed by atoms with Gasteiger partial charge in [-0.25, -0.2) is 14.6 Å². The molecule has 4 N–H and O–H groups in total. The molecule has 0 aliphatic heterocycles. The van der Waals surface area contributed by atoms with Crippen molar-refractivity contribution in [2.45, 2.75) is 18.6 Å². The van der Waals surface area contributed by atoms with Crippen molar-refractivity contribution < 1.29 is 27.9 Å². The molecular weight excluding hydrogens is 269 g/mol. The summed E-state index contributed by atoms with van der Waals surface area (Å²) in [6.45, 7) is -1.53. The average molecular weight is 280 g/mol. The zero-order chi connectivity index (χ0) is 14.5. The lowest BCUT2D eigenvalue weighted by Crippen LogP contribution is -2.49. The van der Waals surface area contributed by atoms with Gasteiger partial charge in [-0.1, -0.05) is 0 Å². The Morgan fingerprint density at radius 1 is 1.47 bits per heavy atom. The summed E-state index contributed by atoms with van der Waals surface area (Å²) in [4.78, 5) is 28.3. The van der Waals surface area contributed by atoms with Crippen molar-refractivity contribution in [2.24, 2.45) is 0 Å². The molecule has 1 atom stereocenters. The number of alkyl halides is 3. The lowest BCUT2D eigenvalue weighted by Gasteiger charge is -2.15. The summed E-state index contributed by atoms with van der Waals surface area (Å²) in [5, 5.41) is 12.3. The van der Waals surface area contributed by atoms with E-state index in [9.17, 15) is 22.8 Å². The molecule has 0 saturated carbocycles. The number of amides is 2. The minimum absolute atomic E-state index is 0.116. The van der Waals surface area contributed by atoms with Crippen molar-refractivity contribution in [3.63, 3.8) is 0 Å². The Bertz CT molecular complexity index is 432. The quantitative estimate of drug-likeness (QED) is 0.620. The highest BCUT2D eigenvalue weighted by molar-refractivity contribution is 5.82. The molecule has 0 bridgehead atoms. The number of urea groups is 1. The molecule has 0 aliphatic rings. The number of carbonyl (C=O) groups is 2. The highest BCUT2D eigenvalue weighted by Crippen LogP contribution is 2.12. The Labute approximate surface area is 105 Å². The summed E-state index contributed by atoms with van der Waals surface area (Å²) in [5.41, 5.74) is 0.434. The number of rotatable bonds is 5. The van der Waals surface area contributed by atoms with E-state index < -0.39 is 30.8 Å². The predicted molar refractivity (Wildman–Crippen MR) is 56.3 cm³/mol. The summed E-state index contributed by atoms with van der Waals surface area (Å²) in [6, 6.07) is -2.56. The zero-order valence-corrected chi connectivity index (χ0v) is 9.49. The molecule has 19 heavy (non-hydrogen) atoms. The van der Waals surface area contributed by atoms with Gasteiger partial charge in [-0.15, -0.1) is 0 Å². The molecule has 0 unspecified atom stereocenters. The second-order valence-corrected chi connectivity index (χ2v) is 3.61. The van der Waals surface area contributed by atoms with Crippen LogP contribution in [0.1, 0.15) is 5.69 Å². The smallest absolute Gasteiger partial charge is 0.405 e. The third-order valence-corrected chi connectivity index (χ3v) is 2.03. The van der Waals surface area contributed by atoms with Gasteiger partial charge in [-0.3, -0.25) is 0 Å². The van der Waals surface area contributed by atoms with Gasteiger partial charge in [0.25, 0.3) is 0 Å². The minimum Gasteiger partial charge on any atom is -0.480 e. The number of aromatic amines is 1. The molecule has 0 spiro atoms. The molecule has 106 valence electrons. The van der Waals surface area contributed by atoms with Gasteiger partial charge in [0.05, 0.1) is 6.33 Å². The number of carbonyl (C=O) groups excluding carboxylic acids is 1. The van der Waals surface area contributed by atoms with Gasteiger partial charge in [0.1, 0.15) is 12.6 Å². The summed E-state index contributed by atoms with van der Waals surface area (Å²) in [6.07, 6.45) is -2.00. The molecule has 0 saturated heterocycles. The number of nitrogens with one attached hydrogen (secondary N) is 3. The van der Waals surface area contributed by atoms with Crippen LogP contribution in [0.3, 0.4) is 0 Å². The maximum atomic E-state index is 11.8. The van der Waals surface area contributed by atoms with E-state index in [0.717, 1.165) is 0 Å². The van der Waals surface area contributed by atoms with Crippen LogP contribution in [0, 0.1) is 0 Å². The monoisotopic (exact) mass is 280 g/mol. The Morgan fingerprint density at radius 2 is 2.16 bits per heavy atom. The molecule has 7 nitrogen and oxygen atoms in total. The maximum absolute atomic E-state index is 11.8. The van der Waals surface area contributed by atoms with E-state index in [-0.39, 0.29) is 6.42 Å². The molecule has 0 aromatic carbocycles. The molecular formula is C9H11F3N4O3. The van der Waals surface area contributed by atoms with Gasteiger partial charge >= 0.3 is 18.2 Å². The number of halogens is 3. The molecule has 0 fully saturated rings. The van der Waals surface area contributed by atoms with Gasteiger partial charge in [-0.05, 0) is 0 Å². The number of hydrogen-bond donors (Lipinski definition) is 4. The van der Waals surface area contributed by atoms with Gasteiger partial charge in [0.15, 0.2) is 0 Å². The van der Waals surface area contributed by atoms with Crippen LogP contribution in [-0.2, 0) is 11.2 Å². The molecule has 1 aromatic heterocycles. The fourth-order valence-corrected chi connectivity index (χ4v) is 1.21. The number of aromatic nitrogens is 2. The standard InChI is InChI=1S/C9H11F3N4O3/c10-9(11,12)3-14-8(19)16-6(7(17)18)1-5-2-13-4-15-5/h2,4,6H,1,3H2,(H,13,15)(H,17,18)(H2,14,16,19)/t6-/m1/s1. The summed E-state index contributed by atoms with van der Waals surface area (Å²) >= 11 is 0. The highest BCUT2D eigenvalue weighted by atomic mass is 19.4. The van der Waals surface area contributed by atoms with Gasteiger partial charge in [-0.2, -0.15) is 13.2 Å². The molecule has 2 amide bonds. The predicted octanol–water partition coefficient (Wildman–Crippen LogP) is 0.267. The lowest BCUT2D eigenvalue weighted by molar-refractivity contribution is -0.139. The van der Waals surface area contributed by atoms with E-state index in [1.54, 1.807) is 0 Å². The first kappa shape index (κ1) is 14.8. The summed E-state index contributed by atoms with van der Waals surface area (Å²) in [7, 11) is 0. The van der Waals surface area contributed by atoms with E-state index >= 15 is 0 Å². The van der Waals surface area contributed by atoms with Crippen molar-refractivity contribution in [2.75, 3.05) is 6.54 Å². The number of nitrogens with zero attached hydrogens (tertiary/aromatic N) is 1. The molecule has 10 heteroatoms. The number of carboxylic acids is 1. The van der Waals surface area contributed by atoms with Crippen LogP contribution in [0.2, 0.25) is 0 Å². The van der Waals surface area contributed by atoms with E-state index in [0.29, 0.717) is 5.69 Å². The fourth-order valence-electron chi connectivity index (χ4n) is 1.21. The van der Waals surface area contributed by atoms with Gasteiger partial charge < -0.3 is 20.7 Å². The molecule has 1 rings (SSSR count). The van der Waals surface area contributed by atoms with E-state index in [2.05, 4.69) is 9.97 Å². The first-order valence-electron chi connectivity index (χ1n) is 5.09. The molecule has 1 aromatic rings. The minimum atomic E-state index is -4.56. The number of hydrogen-bond acceptors (Lipinski definition) is 3. The molecule has 1 heterocycles. The maximum Gasteiger partial charge on any atom is 0.405 e. The molecule has 0 aliphatic carbocycles. The van der Waals surface area contributed by atoms with Crippen LogP contribution >= 0.6 is 0 Å². The first-order chi connectivity index (χ1) is 8.78. The highest BCUT2D eigenvalue weighted by Gasteiger charge is 2.29. The normalized spacial score (nSPS) is 12.8. The largest absolute Gasteiger partial charge is 0.480 e. The number of H-pyrrole nitrogens is 1. The van der Waals surface area contributed by atoms with Crippen LogP contribution in [0.4, 0.5) is 18.0 Å². The first-order valence-corrected chi connectivity index (χ1v) is 5.09. The van der Waals surface area contributed by atoms with Crippen molar-refractivity contribution in [1.82, 2.24) is 20.6 Å². The Hall–Kier alpha value is -2.26. The number of imidazole rings is 1. The van der Waals surface area contributed by atoms with Gasteiger partial charge in [0, 0.05) is 18.3 Å². The fraction of sp³-hybridized carbons (Fsp3) is 0.444. The zero-order valence-electron chi connectivity index (χ0n) is 9.49. The summed E-state index contributed by atoms with van der Waals surface area (Å²) < 4.78 is 35.5. The second kappa shape index (κ2) is 6.07.